The molecule has 1 aliphatic rings. The number of halogens is 1. The van der Waals surface area contributed by atoms with Gasteiger partial charge in [-0.25, -0.2) is 4.98 Å². The summed E-state index contributed by atoms with van der Waals surface area (Å²) in [5, 5.41) is 13.8. The number of alkyl halides is 1. The van der Waals surface area contributed by atoms with E-state index in [1.54, 1.807) is 25.2 Å². The molecule has 7 nitrogen and oxygen atoms in total. The minimum atomic E-state index is -0.953. The van der Waals surface area contributed by atoms with Crippen molar-refractivity contribution in [2.45, 2.75) is 103 Å². The van der Waals surface area contributed by atoms with Gasteiger partial charge in [0.1, 0.15) is 11.9 Å². The number of aryl methyl sites for hydroxylation is 1. The zero-order chi connectivity index (χ0) is 27.9. The van der Waals surface area contributed by atoms with Crippen molar-refractivity contribution in [3.63, 3.8) is 0 Å². The summed E-state index contributed by atoms with van der Waals surface area (Å²) in [5.41, 5.74) is 0.685. The van der Waals surface area contributed by atoms with Crippen molar-refractivity contribution < 1.29 is 28.5 Å². The number of carbonyl (C=O) groups is 2. The lowest BCUT2D eigenvalue weighted by Crippen LogP contribution is -2.46. The van der Waals surface area contributed by atoms with Crippen molar-refractivity contribution in [3.05, 3.63) is 21.7 Å². The predicted molar refractivity (Wildman–Crippen MR) is 158 cm³/mol. The molecule has 0 saturated carbocycles. The summed E-state index contributed by atoms with van der Waals surface area (Å²) in [5.74, 6) is -0.823. The fourth-order valence-corrected chi connectivity index (χ4v) is 7.04. The Morgan fingerprint density at radius 3 is 2.51 bits per heavy atom. The molecule has 0 aromatic carbocycles. The fourth-order valence-electron chi connectivity index (χ4n) is 4.93. The third-order valence-corrected chi connectivity index (χ3v) is 9.81. The average molecular weight is 639 g/mol. The van der Waals surface area contributed by atoms with Crippen molar-refractivity contribution in [1.82, 2.24) is 4.98 Å². The summed E-state index contributed by atoms with van der Waals surface area (Å²) in [6, 6.07) is 0. The lowest BCUT2D eigenvalue weighted by atomic mass is 9.73. The number of rotatable bonds is 4. The molecule has 1 N–H and O–H groups in total. The highest BCUT2D eigenvalue weighted by molar-refractivity contribution is 9.09. The van der Waals surface area contributed by atoms with Gasteiger partial charge >= 0.3 is 5.97 Å². The number of thiazole rings is 1. The molecule has 1 fully saturated rings. The number of aromatic nitrogens is 1. The molecule has 0 spiro atoms. The van der Waals surface area contributed by atoms with E-state index in [2.05, 4.69) is 46.8 Å². The summed E-state index contributed by atoms with van der Waals surface area (Å²) in [7, 11) is 4.49. The summed E-state index contributed by atoms with van der Waals surface area (Å²) in [6.45, 7) is 11.4. The molecule has 2 heterocycles. The normalized spacial score (nSPS) is 33.2. The van der Waals surface area contributed by atoms with Gasteiger partial charge in [0.15, 0.2) is 0 Å². The van der Waals surface area contributed by atoms with E-state index in [0.717, 1.165) is 29.1 Å². The zero-order valence-corrected chi connectivity index (χ0v) is 27.3. The van der Waals surface area contributed by atoms with Gasteiger partial charge in [0.2, 0.25) is 0 Å². The molecule has 0 amide bonds. The second-order valence-corrected chi connectivity index (χ2v) is 13.5. The molecule has 37 heavy (non-hydrogen) atoms. The van der Waals surface area contributed by atoms with Crippen LogP contribution in [0.4, 0.5) is 0 Å². The Kier molecular flexibility index (Phi) is 13.3. The highest BCUT2D eigenvalue weighted by Crippen LogP contribution is 2.36. The summed E-state index contributed by atoms with van der Waals surface area (Å²) < 4.78 is 17.2. The molecule has 1 aromatic rings. The van der Waals surface area contributed by atoms with E-state index < -0.39 is 35.6 Å². The Morgan fingerprint density at radius 1 is 1.27 bits per heavy atom. The van der Waals surface area contributed by atoms with Gasteiger partial charge in [0, 0.05) is 41.5 Å². The second-order valence-electron chi connectivity index (χ2n) is 10.7. The molecule has 0 aliphatic carbocycles. The molecule has 1 aliphatic heterocycles. The van der Waals surface area contributed by atoms with E-state index in [1.165, 1.54) is 0 Å². The van der Waals surface area contributed by atoms with E-state index >= 15 is 0 Å². The van der Waals surface area contributed by atoms with Crippen molar-refractivity contribution in [2.75, 3.05) is 0 Å². The molecule has 2 rings (SSSR count). The molecule has 0 radical (unpaired) electrons. The summed E-state index contributed by atoms with van der Waals surface area (Å²) >= 11 is 5.20. The highest BCUT2D eigenvalue weighted by Gasteiger charge is 2.44. The maximum absolute atomic E-state index is 13.6. The van der Waals surface area contributed by atoms with Crippen LogP contribution in [0, 0.1) is 24.2 Å². The number of aliphatic hydroxyl groups excluding tert-OH is 1. The maximum atomic E-state index is 13.6. The van der Waals surface area contributed by atoms with Crippen LogP contribution < -0.4 is 0 Å². The molecule has 1 saturated heterocycles. The van der Waals surface area contributed by atoms with Crippen LogP contribution >= 0.6 is 46.2 Å². The molecule has 210 valence electrons. The number of cyclic esters (lactones) is 1. The van der Waals surface area contributed by atoms with Gasteiger partial charge in [0.05, 0.1) is 40.8 Å². The molecule has 9 atom stereocenters. The van der Waals surface area contributed by atoms with Crippen molar-refractivity contribution in [3.8, 4) is 0 Å². The van der Waals surface area contributed by atoms with Crippen LogP contribution in [0.1, 0.15) is 77.4 Å². The SMILES string of the molecule is C/C(=C\c1csc(C)n1)C1CC(Br)C(O)CCCC(C)C(OP)C(C)C(=O)C(C)(C)C(OP)CC(=O)O1. The third kappa shape index (κ3) is 9.13. The highest BCUT2D eigenvalue weighted by atomic mass is 79.9. The van der Waals surface area contributed by atoms with Gasteiger partial charge in [0.25, 0.3) is 0 Å². The Labute approximate surface area is 238 Å². The number of ketones is 1. The van der Waals surface area contributed by atoms with E-state index in [4.69, 9.17) is 13.8 Å². The van der Waals surface area contributed by atoms with Gasteiger partial charge in [-0.1, -0.05) is 50.0 Å². The number of hydrogen-bond acceptors (Lipinski definition) is 8. The molecule has 9 unspecified atom stereocenters. The standard InChI is InChI=1S/C26H42BrNO6P2S/c1-14-8-7-9-20(29)19(27)11-21(15(2)10-18-13-37-17(4)28-18)32-23(30)12-22(33-35)26(5,6)25(31)16(3)24(14)34-36/h10,13-14,16,19-22,24,29H,7-9,11-12,35-36H2,1-6H3/b15-10+. The van der Waals surface area contributed by atoms with Gasteiger partial charge in [-0.2, -0.15) is 0 Å². The Bertz CT molecular complexity index is 942. The van der Waals surface area contributed by atoms with Crippen LogP contribution in [-0.2, 0) is 23.4 Å². The van der Waals surface area contributed by atoms with E-state index in [9.17, 15) is 14.7 Å². The number of ether oxygens (including phenoxy) is 1. The number of carbonyl (C=O) groups excluding carboxylic acids is 2. The number of nitrogens with zero attached hydrogens (tertiary/aromatic N) is 1. The first kappa shape index (κ1) is 32.9. The topological polar surface area (TPSA) is 95.0 Å². The van der Waals surface area contributed by atoms with Gasteiger partial charge < -0.3 is 18.9 Å². The van der Waals surface area contributed by atoms with Crippen LogP contribution in [0.2, 0.25) is 0 Å². The third-order valence-electron chi connectivity index (χ3n) is 7.39. The number of Topliss-reactive ketones (excluding diaryl/α,β-unsaturated/α-hetero) is 1. The summed E-state index contributed by atoms with van der Waals surface area (Å²) in [4.78, 5) is 31.0. The average Bonchev–Trinajstić information content (AvgIpc) is 3.25. The molecular formula is C26H42BrNO6P2S. The van der Waals surface area contributed by atoms with Crippen LogP contribution in [0.5, 0.6) is 0 Å². The number of hydrogen-bond donors (Lipinski definition) is 1. The zero-order valence-electron chi connectivity index (χ0n) is 22.6. The van der Waals surface area contributed by atoms with Crippen LogP contribution in [-0.4, -0.2) is 51.1 Å². The lowest BCUT2D eigenvalue weighted by Gasteiger charge is -2.37. The molecule has 0 bridgehead atoms. The molecule has 1 aromatic heterocycles. The minimum Gasteiger partial charge on any atom is -0.458 e. The van der Waals surface area contributed by atoms with Crippen molar-refractivity contribution in [2.24, 2.45) is 17.3 Å². The van der Waals surface area contributed by atoms with E-state index in [-0.39, 0.29) is 29.1 Å². The van der Waals surface area contributed by atoms with Gasteiger partial charge in [-0.05, 0) is 44.3 Å². The monoisotopic (exact) mass is 637 g/mol. The van der Waals surface area contributed by atoms with Crippen molar-refractivity contribution in [1.29, 1.82) is 0 Å². The first-order chi connectivity index (χ1) is 17.3. The molecular weight excluding hydrogens is 596 g/mol. The predicted octanol–water partition coefficient (Wildman–Crippen LogP) is 6.07. The second kappa shape index (κ2) is 14.9. The maximum Gasteiger partial charge on any atom is 0.309 e. The fraction of sp³-hybridized carbons (Fsp3) is 0.731. The summed E-state index contributed by atoms with van der Waals surface area (Å²) in [6.07, 6.45) is 2.17. The minimum absolute atomic E-state index is 0.0359. The number of aliphatic hydroxyl groups is 1. The largest absolute Gasteiger partial charge is 0.458 e. The molecule has 11 heteroatoms. The van der Waals surface area contributed by atoms with Gasteiger partial charge in [-0.3, -0.25) is 9.59 Å². The van der Waals surface area contributed by atoms with E-state index in [0.29, 0.717) is 12.8 Å². The quantitative estimate of drug-likeness (QED) is 0.243. The Balaban J connectivity index is 2.40. The van der Waals surface area contributed by atoms with Crippen LogP contribution in [0.3, 0.4) is 0 Å². The Morgan fingerprint density at radius 2 is 1.95 bits per heavy atom. The first-order valence-electron chi connectivity index (χ1n) is 12.7. The van der Waals surface area contributed by atoms with E-state index in [1.807, 2.05) is 32.2 Å². The van der Waals surface area contributed by atoms with Crippen LogP contribution in [0.25, 0.3) is 6.08 Å². The number of esters is 1. The first-order valence-corrected chi connectivity index (χ1v) is 15.4. The Hall–Kier alpha value is -0.270. The lowest BCUT2D eigenvalue weighted by molar-refractivity contribution is -0.153. The smallest absolute Gasteiger partial charge is 0.309 e. The van der Waals surface area contributed by atoms with Gasteiger partial charge in [-0.15, -0.1) is 11.3 Å². The van der Waals surface area contributed by atoms with Crippen LogP contribution in [0.15, 0.2) is 11.0 Å². The van der Waals surface area contributed by atoms with Crippen molar-refractivity contribution >= 4 is 64.0 Å².